The van der Waals surface area contributed by atoms with Crippen molar-refractivity contribution < 1.29 is 23.7 Å². The zero-order valence-corrected chi connectivity index (χ0v) is 16.0. The van der Waals surface area contributed by atoms with Gasteiger partial charge >= 0.3 is 0 Å². The van der Waals surface area contributed by atoms with Crippen LogP contribution in [0, 0.1) is 0 Å². The number of hydrogen-bond donors (Lipinski definition) is 0. The molecule has 0 aliphatic carbocycles. The highest BCUT2D eigenvalue weighted by Crippen LogP contribution is 2.38. The first kappa shape index (κ1) is 17.7. The Labute approximate surface area is 168 Å². The van der Waals surface area contributed by atoms with Crippen molar-refractivity contribution in [1.29, 1.82) is 0 Å². The predicted octanol–water partition coefficient (Wildman–Crippen LogP) is 3.65. The molecule has 0 saturated heterocycles. The third-order valence-corrected chi connectivity index (χ3v) is 5.30. The maximum Gasteiger partial charge on any atom is 0.250 e. The van der Waals surface area contributed by atoms with E-state index >= 15 is 0 Å². The molecule has 0 radical (unpaired) electrons. The topological polar surface area (TPSA) is 57.2 Å². The summed E-state index contributed by atoms with van der Waals surface area (Å²) in [6.07, 6.45) is 4.95. The van der Waals surface area contributed by atoms with Crippen molar-refractivity contribution in [3.05, 3.63) is 59.7 Å². The molecule has 0 spiro atoms. The Hall–Kier alpha value is -3.41. The summed E-state index contributed by atoms with van der Waals surface area (Å²) in [5, 5.41) is 0. The molecule has 3 aliphatic heterocycles. The van der Waals surface area contributed by atoms with Crippen molar-refractivity contribution in [2.24, 2.45) is 0 Å². The van der Waals surface area contributed by atoms with Gasteiger partial charge in [-0.15, -0.1) is 0 Å². The van der Waals surface area contributed by atoms with Crippen LogP contribution in [0.4, 0.5) is 0 Å². The lowest BCUT2D eigenvalue weighted by Gasteiger charge is -2.30. The van der Waals surface area contributed by atoms with Crippen LogP contribution >= 0.6 is 0 Å². The molecule has 0 bridgehead atoms. The summed E-state index contributed by atoms with van der Waals surface area (Å²) < 4.78 is 22.3. The molecule has 0 fully saturated rings. The molecular weight excluding hydrogens is 370 g/mol. The minimum absolute atomic E-state index is 0.106. The second-order valence-corrected chi connectivity index (χ2v) is 7.14. The molecular formula is C23H21NO5. The zero-order chi connectivity index (χ0) is 19.8. The first-order chi connectivity index (χ1) is 14.2. The number of carbonyl (C=O) groups excluding carboxylic acids is 1. The second kappa shape index (κ2) is 7.20. The van der Waals surface area contributed by atoms with E-state index in [0.29, 0.717) is 37.0 Å². The van der Waals surface area contributed by atoms with Crippen LogP contribution in [-0.2, 0) is 11.2 Å². The van der Waals surface area contributed by atoms with E-state index in [9.17, 15) is 4.79 Å². The van der Waals surface area contributed by atoms with Gasteiger partial charge in [0.1, 0.15) is 0 Å². The van der Waals surface area contributed by atoms with Crippen molar-refractivity contribution in [3.8, 4) is 23.0 Å². The number of benzene rings is 2. The van der Waals surface area contributed by atoms with Crippen LogP contribution in [0.5, 0.6) is 23.0 Å². The summed E-state index contributed by atoms with van der Waals surface area (Å²) in [4.78, 5) is 14.5. The van der Waals surface area contributed by atoms with Gasteiger partial charge < -0.3 is 23.8 Å². The molecule has 0 aromatic heterocycles. The summed E-state index contributed by atoms with van der Waals surface area (Å²) in [5.41, 5.74) is 3.62. The van der Waals surface area contributed by atoms with Crippen LogP contribution in [0.1, 0.15) is 23.1 Å². The molecule has 0 N–H and O–H groups in total. The fourth-order valence-electron chi connectivity index (χ4n) is 3.76. The summed E-state index contributed by atoms with van der Waals surface area (Å²) in [6, 6.07) is 9.56. The Morgan fingerprint density at radius 3 is 2.59 bits per heavy atom. The first-order valence-electron chi connectivity index (χ1n) is 9.70. The minimum atomic E-state index is -0.106. The van der Waals surface area contributed by atoms with Crippen LogP contribution in [0.25, 0.3) is 11.8 Å². The highest BCUT2D eigenvalue weighted by Gasteiger charge is 2.26. The fraction of sp³-hybridized carbons (Fsp3) is 0.261. The van der Waals surface area contributed by atoms with E-state index in [0.717, 1.165) is 41.0 Å². The molecule has 2 aromatic rings. The van der Waals surface area contributed by atoms with E-state index in [4.69, 9.17) is 18.9 Å². The van der Waals surface area contributed by atoms with Gasteiger partial charge in [-0.1, -0.05) is 12.6 Å². The SMILES string of the molecule is C=C1c2cc3c(cc2CCN1C(=O)C=Cc1ccc2c(c1)OCO2)OCCCO3. The molecule has 0 saturated carbocycles. The number of rotatable bonds is 2. The van der Waals surface area contributed by atoms with Gasteiger partial charge in [-0.05, 0) is 47.9 Å². The molecule has 3 aliphatic rings. The largest absolute Gasteiger partial charge is 0.490 e. The molecule has 3 heterocycles. The Balaban J connectivity index is 1.35. The van der Waals surface area contributed by atoms with E-state index in [1.165, 1.54) is 0 Å². The van der Waals surface area contributed by atoms with E-state index < -0.39 is 0 Å². The van der Waals surface area contributed by atoms with Crippen molar-refractivity contribution >= 4 is 17.7 Å². The van der Waals surface area contributed by atoms with Crippen LogP contribution in [0.15, 0.2) is 43.0 Å². The smallest absolute Gasteiger partial charge is 0.250 e. The van der Waals surface area contributed by atoms with Gasteiger partial charge in [0, 0.05) is 30.3 Å². The van der Waals surface area contributed by atoms with Gasteiger partial charge in [-0.2, -0.15) is 0 Å². The molecule has 5 rings (SSSR count). The molecule has 6 heteroatoms. The number of nitrogens with zero attached hydrogens (tertiary/aromatic N) is 1. The van der Waals surface area contributed by atoms with Gasteiger partial charge in [-0.3, -0.25) is 4.79 Å². The van der Waals surface area contributed by atoms with Crippen LogP contribution in [0.2, 0.25) is 0 Å². The lowest BCUT2D eigenvalue weighted by Crippen LogP contribution is -2.33. The average Bonchev–Trinajstić information content (AvgIpc) is 3.08. The summed E-state index contributed by atoms with van der Waals surface area (Å²) in [6.45, 7) is 6.26. The van der Waals surface area contributed by atoms with Crippen molar-refractivity contribution in [3.63, 3.8) is 0 Å². The summed E-state index contributed by atoms with van der Waals surface area (Å²) in [7, 11) is 0. The van der Waals surface area contributed by atoms with Gasteiger partial charge in [0.05, 0.1) is 13.2 Å². The fourth-order valence-corrected chi connectivity index (χ4v) is 3.76. The van der Waals surface area contributed by atoms with Crippen LogP contribution in [0.3, 0.4) is 0 Å². The highest BCUT2D eigenvalue weighted by molar-refractivity contribution is 5.98. The number of hydrogen-bond acceptors (Lipinski definition) is 5. The quantitative estimate of drug-likeness (QED) is 0.732. The molecule has 1 amide bonds. The van der Waals surface area contributed by atoms with E-state index in [2.05, 4.69) is 6.58 Å². The van der Waals surface area contributed by atoms with Crippen molar-refractivity contribution in [2.45, 2.75) is 12.8 Å². The molecule has 6 nitrogen and oxygen atoms in total. The molecule has 29 heavy (non-hydrogen) atoms. The maximum absolute atomic E-state index is 12.8. The van der Waals surface area contributed by atoms with E-state index in [1.54, 1.807) is 17.1 Å². The summed E-state index contributed by atoms with van der Waals surface area (Å²) in [5.74, 6) is 2.80. The average molecular weight is 391 g/mol. The monoisotopic (exact) mass is 391 g/mol. The number of carbonyl (C=O) groups is 1. The number of ether oxygens (including phenoxy) is 4. The third kappa shape index (κ3) is 3.31. The van der Waals surface area contributed by atoms with Gasteiger partial charge in [0.25, 0.3) is 5.91 Å². The Morgan fingerprint density at radius 1 is 0.966 bits per heavy atom. The Morgan fingerprint density at radius 2 is 1.72 bits per heavy atom. The Bertz CT molecular complexity index is 1030. The first-order valence-corrected chi connectivity index (χ1v) is 9.70. The lowest BCUT2D eigenvalue weighted by molar-refractivity contribution is -0.123. The highest BCUT2D eigenvalue weighted by atomic mass is 16.7. The molecule has 2 aromatic carbocycles. The predicted molar refractivity (Wildman–Crippen MR) is 108 cm³/mol. The van der Waals surface area contributed by atoms with Crippen molar-refractivity contribution in [1.82, 2.24) is 4.90 Å². The van der Waals surface area contributed by atoms with Crippen molar-refractivity contribution in [2.75, 3.05) is 26.6 Å². The minimum Gasteiger partial charge on any atom is -0.490 e. The van der Waals surface area contributed by atoms with E-state index in [-0.39, 0.29) is 12.7 Å². The van der Waals surface area contributed by atoms with Gasteiger partial charge in [-0.25, -0.2) is 0 Å². The molecule has 0 atom stereocenters. The second-order valence-electron chi connectivity index (χ2n) is 7.14. The zero-order valence-electron chi connectivity index (χ0n) is 16.0. The normalized spacial score (nSPS) is 17.2. The van der Waals surface area contributed by atoms with Crippen LogP contribution < -0.4 is 18.9 Å². The molecule has 148 valence electrons. The number of amides is 1. The third-order valence-electron chi connectivity index (χ3n) is 5.30. The summed E-state index contributed by atoms with van der Waals surface area (Å²) >= 11 is 0. The lowest BCUT2D eigenvalue weighted by atomic mass is 9.96. The van der Waals surface area contributed by atoms with Gasteiger partial charge in [0.15, 0.2) is 23.0 Å². The Kier molecular flexibility index (Phi) is 4.39. The standard InChI is InChI=1S/C23H21NO5/c1-15-18-13-22-21(26-9-2-10-27-22)12-17(18)7-8-24(15)23(25)6-4-16-3-5-19-20(11-16)29-14-28-19/h3-6,11-13H,1-2,7-10,14H2. The molecule has 0 unspecified atom stereocenters. The van der Waals surface area contributed by atoms with Crippen LogP contribution in [-0.4, -0.2) is 37.4 Å². The maximum atomic E-state index is 12.8. The van der Waals surface area contributed by atoms with E-state index in [1.807, 2.05) is 30.3 Å². The van der Waals surface area contributed by atoms with Gasteiger partial charge in [0.2, 0.25) is 6.79 Å². The number of fused-ring (bicyclic) bond motifs is 3.